The van der Waals surface area contributed by atoms with Gasteiger partial charge in [0.1, 0.15) is 0 Å². The Labute approximate surface area is 73.5 Å². The fraction of sp³-hybridized carbons (Fsp3) is 1.00. The first-order chi connectivity index (χ1) is 1.73. The molecule has 0 bridgehead atoms. The first-order valence-corrected chi connectivity index (χ1v) is 1.96. The van der Waals surface area contributed by atoms with Crippen molar-refractivity contribution in [3.05, 3.63) is 0 Å². The average Bonchev–Trinajstić information content (AvgIpc) is 0.811. The Balaban J connectivity index is -0.0000000450. The normalized spacial score (nSPS) is 6.00. The molecule has 6 heavy (non-hydrogen) atoms. The molecule has 0 rings (SSSR count). The second kappa shape index (κ2) is 9.95. The van der Waals surface area contributed by atoms with Crippen LogP contribution in [0.1, 0.15) is 0 Å². The molecule has 35 valence electrons. The monoisotopic (exact) mass is 159 g/mol. The van der Waals surface area contributed by atoms with Gasteiger partial charge < -0.3 is 5.48 Å². The molecule has 0 fully saturated rings. The summed E-state index contributed by atoms with van der Waals surface area (Å²) >= 11 is 14.4. The van der Waals surface area contributed by atoms with Crippen molar-refractivity contribution in [2.24, 2.45) is 0 Å². The van der Waals surface area contributed by atoms with Gasteiger partial charge in [0.25, 0.3) is 0 Å². The first kappa shape index (κ1) is 15.7. The zero-order valence-corrected chi connectivity index (χ0v) is 7.48. The number of alkyl halides is 3. The molecule has 2 N–H and O–H groups in total. The third kappa shape index (κ3) is 40.6. The molecule has 0 aliphatic carbocycles. The van der Waals surface area contributed by atoms with E-state index in [9.17, 15) is 0 Å². The van der Waals surface area contributed by atoms with Gasteiger partial charge in [-0.2, -0.15) is 0 Å². The van der Waals surface area contributed by atoms with Gasteiger partial charge >= 0.3 is 0 Å². The zero-order valence-electron chi connectivity index (χ0n) is 3.21. The number of hydrogen-bond donors (Lipinski definition) is 0. The van der Waals surface area contributed by atoms with E-state index in [4.69, 9.17) is 34.8 Å². The van der Waals surface area contributed by atoms with Crippen molar-refractivity contribution in [3.63, 3.8) is 0 Å². The van der Waals surface area contributed by atoms with E-state index in [-0.39, 0.29) is 35.0 Å². The predicted molar refractivity (Wildman–Crippen MR) is 30.7 cm³/mol. The first-order valence-electron chi connectivity index (χ1n) is 0.655. The molecule has 0 aliphatic heterocycles. The van der Waals surface area contributed by atoms with Crippen LogP contribution in [0.5, 0.6) is 0 Å². The van der Waals surface area contributed by atoms with Gasteiger partial charge in [0.2, 0.25) is 0 Å². The van der Waals surface area contributed by atoms with Gasteiger partial charge in [0.15, 0.2) is 4.30 Å². The van der Waals surface area contributed by atoms with Gasteiger partial charge in [0, 0.05) is 29.6 Å². The maximum Gasteiger partial charge on any atom is 0.180 e. The van der Waals surface area contributed by atoms with Gasteiger partial charge in [-0.05, 0) is 0 Å². The van der Waals surface area contributed by atoms with Crippen LogP contribution in [0.15, 0.2) is 0 Å². The van der Waals surface area contributed by atoms with Crippen LogP contribution in [0.2, 0.25) is 0 Å². The number of hydrogen-bond acceptors (Lipinski definition) is 0. The molecule has 0 aromatic rings. The molecule has 0 saturated heterocycles. The van der Waals surface area contributed by atoms with E-state index in [0.29, 0.717) is 0 Å². The van der Waals surface area contributed by atoms with Gasteiger partial charge in [-0.25, -0.2) is 0 Å². The average molecular weight is 160 g/mol. The number of rotatable bonds is 0. The van der Waals surface area contributed by atoms with Crippen molar-refractivity contribution in [1.82, 2.24) is 0 Å². The van der Waals surface area contributed by atoms with E-state index in [0.717, 1.165) is 0 Å². The third-order valence-corrected chi connectivity index (χ3v) is 0. The molecule has 0 aromatic heterocycles. The largest absolute Gasteiger partial charge is 0.412 e. The molecule has 0 heterocycles. The molecule has 1 nitrogen and oxygen atoms in total. The molecule has 0 saturated carbocycles. The summed E-state index contributed by atoms with van der Waals surface area (Å²) in [4.78, 5) is 0. The minimum atomic E-state index is -0.750. The van der Waals surface area contributed by atoms with Crippen LogP contribution in [0, 0.1) is 0 Å². The summed E-state index contributed by atoms with van der Waals surface area (Å²) in [7, 11) is 0. The van der Waals surface area contributed by atoms with E-state index in [2.05, 4.69) is 0 Å². The minimum absolute atomic E-state index is 0. The zero-order chi connectivity index (χ0) is 3.58. The van der Waals surface area contributed by atoms with Gasteiger partial charge in [-0.15, -0.1) is 0 Å². The molecular formula is CH3Cl3NaO. The predicted octanol–water partition coefficient (Wildman–Crippen LogP) is 0.781. The van der Waals surface area contributed by atoms with Crippen LogP contribution in [0.3, 0.4) is 0 Å². The van der Waals surface area contributed by atoms with E-state index in [1.54, 1.807) is 0 Å². The van der Waals surface area contributed by atoms with E-state index in [1.165, 1.54) is 0 Å². The van der Waals surface area contributed by atoms with Crippen LogP contribution >= 0.6 is 34.8 Å². The Hall–Kier alpha value is 1.83. The van der Waals surface area contributed by atoms with Crippen LogP contribution < -0.4 is 0 Å². The fourth-order valence-electron chi connectivity index (χ4n) is 0. The van der Waals surface area contributed by atoms with E-state index >= 15 is 0 Å². The maximum absolute atomic E-state index is 4.81. The summed E-state index contributed by atoms with van der Waals surface area (Å²) in [6.07, 6.45) is 0. The van der Waals surface area contributed by atoms with Crippen molar-refractivity contribution >= 4 is 64.4 Å². The Morgan fingerprint density at radius 2 is 1.00 bits per heavy atom. The van der Waals surface area contributed by atoms with Crippen LogP contribution in [0.4, 0.5) is 0 Å². The summed E-state index contributed by atoms with van der Waals surface area (Å²) in [6, 6.07) is 0. The fourth-order valence-corrected chi connectivity index (χ4v) is 0. The van der Waals surface area contributed by atoms with Crippen molar-refractivity contribution in [1.29, 1.82) is 0 Å². The standard InChI is InChI=1S/CHCl3.Na.H2O/c2-1(3)4;;/h1H;;1H2. The Bertz CT molecular complexity index is 15.5. The second-order valence-corrected chi connectivity index (χ2v) is 2.23. The Kier molecular flexibility index (Phi) is 26.0. The summed E-state index contributed by atoms with van der Waals surface area (Å²) < 4.78 is -0.750. The molecule has 0 amide bonds. The molecule has 5 heteroatoms. The summed E-state index contributed by atoms with van der Waals surface area (Å²) in [5.74, 6) is 0. The molecule has 0 unspecified atom stereocenters. The second-order valence-electron chi connectivity index (χ2n) is 0.247. The summed E-state index contributed by atoms with van der Waals surface area (Å²) in [5.41, 5.74) is 0. The van der Waals surface area contributed by atoms with E-state index < -0.39 is 4.30 Å². The minimum Gasteiger partial charge on any atom is -0.412 e. The molecule has 0 atom stereocenters. The maximum atomic E-state index is 4.81. The van der Waals surface area contributed by atoms with Crippen LogP contribution in [-0.2, 0) is 0 Å². The quantitative estimate of drug-likeness (QED) is 0.370. The van der Waals surface area contributed by atoms with Crippen molar-refractivity contribution in [2.45, 2.75) is 4.30 Å². The SMILES string of the molecule is ClC(Cl)Cl.O.[Na]. The molecule has 0 spiro atoms. The molecule has 1 radical (unpaired) electrons. The van der Waals surface area contributed by atoms with Crippen LogP contribution in [0.25, 0.3) is 0 Å². The number of halogens is 3. The van der Waals surface area contributed by atoms with Crippen molar-refractivity contribution in [2.75, 3.05) is 0 Å². The Morgan fingerprint density at radius 1 is 1.00 bits per heavy atom. The molecule has 0 aliphatic rings. The summed E-state index contributed by atoms with van der Waals surface area (Å²) in [5, 5.41) is 0. The smallest absolute Gasteiger partial charge is 0.180 e. The van der Waals surface area contributed by atoms with Gasteiger partial charge in [0.05, 0.1) is 0 Å². The van der Waals surface area contributed by atoms with Gasteiger partial charge in [-0.3, -0.25) is 0 Å². The summed E-state index contributed by atoms with van der Waals surface area (Å²) in [6.45, 7) is 0. The Morgan fingerprint density at radius 3 is 1.00 bits per heavy atom. The van der Waals surface area contributed by atoms with Crippen LogP contribution in [-0.4, -0.2) is 39.3 Å². The van der Waals surface area contributed by atoms with Crippen molar-refractivity contribution < 1.29 is 5.48 Å². The third-order valence-electron chi connectivity index (χ3n) is 0. The molecule has 0 aromatic carbocycles. The topological polar surface area (TPSA) is 31.5 Å². The van der Waals surface area contributed by atoms with E-state index in [1.807, 2.05) is 0 Å². The van der Waals surface area contributed by atoms with Gasteiger partial charge in [-0.1, -0.05) is 34.8 Å². The van der Waals surface area contributed by atoms with Crippen molar-refractivity contribution in [3.8, 4) is 0 Å². The molecular weight excluding hydrogens is 157 g/mol.